The van der Waals surface area contributed by atoms with E-state index in [9.17, 15) is 13.2 Å². The molecule has 116 valence electrons. The van der Waals surface area contributed by atoms with Gasteiger partial charge in [-0.2, -0.15) is 0 Å². The van der Waals surface area contributed by atoms with E-state index in [0.29, 0.717) is 5.82 Å². The van der Waals surface area contributed by atoms with Crippen molar-refractivity contribution in [2.75, 3.05) is 25.5 Å². The predicted octanol–water partition coefficient (Wildman–Crippen LogP) is 0.581. The molecule has 0 spiro atoms. The third-order valence-electron chi connectivity index (χ3n) is 3.03. The van der Waals surface area contributed by atoms with Crippen molar-refractivity contribution in [1.29, 1.82) is 0 Å². The van der Waals surface area contributed by atoms with Crippen molar-refractivity contribution >= 4 is 33.3 Å². The molecule has 1 amide bonds. The largest absolute Gasteiger partial charge is 0.372 e. The van der Waals surface area contributed by atoms with E-state index in [4.69, 9.17) is 11.6 Å². The summed E-state index contributed by atoms with van der Waals surface area (Å²) in [6.45, 7) is 0.372. The minimum atomic E-state index is -3.69. The molecule has 1 aliphatic carbocycles. The second-order valence-electron chi connectivity index (χ2n) is 4.71. The molecule has 0 aliphatic heterocycles. The van der Waals surface area contributed by atoms with Crippen molar-refractivity contribution in [2.45, 2.75) is 17.7 Å². The van der Waals surface area contributed by atoms with E-state index in [1.54, 1.807) is 7.05 Å². The third kappa shape index (κ3) is 4.29. The molecule has 1 heterocycles. The number of nitrogens with zero attached hydrogens (tertiary/aromatic N) is 1. The van der Waals surface area contributed by atoms with Gasteiger partial charge in [0, 0.05) is 32.3 Å². The minimum absolute atomic E-state index is 0.0139. The quantitative estimate of drug-likeness (QED) is 0.634. The molecule has 0 radical (unpaired) electrons. The topological polar surface area (TPSA) is 100 Å². The number of pyridine rings is 1. The monoisotopic (exact) mass is 332 g/mol. The SMILES string of the molecule is CNc1ncc(S(=O)(=O)NCCNC(=O)C2CC2)cc1Cl. The maximum absolute atomic E-state index is 12.0. The van der Waals surface area contributed by atoms with E-state index >= 15 is 0 Å². The van der Waals surface area contributed by atoms with Crippen molar-refractivity contribution in [2.24, 2.45) is 5.92 Å². The molecular formula is C12H17ClN4O3S. The lowest BCUT2D eigenvalue weighted by molar-refractivity contribution is -0.122. The number of sulfonamides is 1. The Morgan fingerprint density at radius 1 is 1.43 bits per heavy atom. The van der Waals surface area contributed by atoms with Crippen molar-refractivity contribution in [3.63, 3.8) is 0 Å². The smallest absolute Gasteiger partial charge is 0.242 e. The Hall–Kier alpha value is -1.38. The zero-order valence-electron chi connectivity index (χ0n) is 11.5. The fourth-order valence-electron chi connectivity index (χ4n) is 1.70. The summed E-state index contributed by atoms with van der Waals surface area (Å²) in [5.41, 5.74) is 0. The van der Waals surface area contributed by atoms with Crippen LogP contribution in [0.2, 0.25) is 5.02 Å². The summed E-state index contributed by atoms with van der Waals surface area (Å²) in [7, 11) is -2.04. The Bertz CT molecular complexity index is 631. The highest BCUT2D eigenvalue weighted by Crippen LogP contribution is 2.28. The Kier molecular flexibility index (Phi) is 5.02. The average Bonchev–Trinajstić information content (AvgIpc) is 3.28. The highest BCUT2D eigenvalue weighted by atomic mass is 35.5. The Balaban J connectivity index is 1.88. The summed E-state index contributed by atoms with van der Waals surface area (Å²) in [6.07, 6.45) is 3.06. The molecule has 1 aromatic heterocycles. The summed E-state index contributed by atoms with van der Waals surface area (Å²) < 4.78 is 26.5. The molecule has 0 atom stereocenters. The summed E-state index contributed by atoms with van der Waals surface area (Å²) in [6, 6.07) is 1.32. The molecule has 2 rings (SSSR count). The van der Waals surface area contributed by atoms with Crippen LogP contribution in [0.3, 0.4) is 0 Å². The first kappa shape index (κ1) is 16.0. The number of rotatable bonds is 7. The first-order valence-electron chi connectivity index (χ1n) is 6.54. The molecule has 0 saturated heterocycles. The van der Waals surface area contributed by atoms with Crippen LogP contribution in [0.15, 0.2) is 17.2 Å². The van der Waals surface area contributed by atoms with Gasteiger partial charge in [0.25, 0.3) is 0 Å². The summed E-state index contributed by atoms with van der Waals surface area (Å²) in [5, 5.41) is 5.65. The average molecular weight is 333 g/mol. The third-order valence-corrected chi connectivity index (χ3v) is 4.74. The first-order valence-corrected chi connectivity index (χ1v) is 8.41. The fraction of sp³-hybridized carbons (Fsp3) is 0.500. The van der Waals surface area contributed by atoms with Crippen molar-refractivity contribution in [3.05, 3.63) is 17.3 Å². The number of aromatic nitrogens is 1. The molecule has 7 nitrogen and oxygen atoms in total. The molecule has 1 aromatic rings. The molecule has 1 fully saturated rings. The number of hydrogen-bond donors (Lipinski definition) is 3. The molecule has 3 N–H and O–H groups in total. The zero-order valence-corrected chi connectivity index (χ0v) is 13.1. The minimum Gasteiger partial charge on any atom is -0.372 e. The molecule has 1 saturated carbocycles. The van der Waals surface area contributed by atoms with Crippen LogP contribution in [0.5, 0.6) is 0 Å². The van der Waals surface area contributed by atoms with Crippen LogP contribution in [0.4, 0.5) is 5.82 Å². The van der Waals surface area contributed by atoms with Gasteiger partial charge in [-0.05, 0) is 18.9 Å². The van der Waals surface area contributed by atoms with E-state index < -0.39 is 10.0 Å². The Labute approximate surface area is 128 Å². The van der Waals surface area contributed by atoms with E-state index in [1.165, 1.54) is 12.3 Å². The van der Waals surface area contributed by atoms with Crippen LogP contribution in [0.1, 0.15) is 12.8 Å². The molecule has 9 heteroatoms. The number of anilines is 1. The highest BCUT2D eigenvalue weighted by molar-refractivity contribution is 7.89. The molecule has 0 bridgehead atoms. The lowest BCUT2D eigenvalue weighted by atomic mass is 10.4. The van der Waals surface area contributed by atoms with Crippen LogP contribution in [-0.2, 0) is 14.8 Å². The van der Waals surface area contributed by atoms with Gasteiger partial charge in [0.2, 0.25) is 15.9 Å². The normalized spacial score (nSPS) is 14.8. The number of halogens is 1. The first-order chi connectivity index (χ1) is 9.94. The van der Waals surface area contributed by atoms with Crippen LogP contribution >= 0.6 is 11.6 Å². The van der Waals surface area contributed by atoms with Gasteiger partial charge in [0.15, 0.2) is 0 Å². The second kappa shape index (κ2) is 6.59. The zero-order chi connectivity index (χ0) is 15.5. The van der Waals surface area contributed by atoms with Crippen molar-refractivity contribution < 1.29 is 13.2 Å². The van der Waals surface area contributed by atoms with Gasteiger partial charge in [-0.3, -0.25) is 4.79 Å². The number of carbonyl (C=O) groups is 1. The number of carbonyl (C=O) groups excluding carboxylic acids is 1. The lowest BCUT2D eigenvalue weighted by Crippen LogP contribution is -2.35. The van der Waals surface area contributed by atoms with Crippen LogP contribution in [-0.4, -0.2) is 39.4 Å². The molecular weight excluding hydrogens is 316 g/mol. The highest BCUT2D eigenvalue weighted by Gasteiger charge is 2.29. The fourth-order valence-corrected chi connectivity index (χ4v) is 3.02. The van der Waals surface area contributed by atoms with E-state index in [1.807, 2.05) is 0 Å². The van der Waals surface area contributed by atoms with E-state index in [-0.39, 0.29) is 34.8 Å². The summed E-state index contributed by atoms with van der Waals surface area (Å²) in [4.78, 5) is 15.3. The summed E-state index contributed by atoms with van der Waals surface area (Å²) >= 11 is 5.91. The van der Waals surface area contributed by atoms with Gasteiger partial charge < -0.3 is 10.6 Å². The molecule has 0 aromatic carbocycles. The van der Waals surface area contributed by atoms with Crippen molar-refractivity contribution in [1.82, 2.24) is 15.0 Å². The molecule has 0 unspecified atom stereocenters. The Morgan fingerprint density at radius 3 is 2.71 bits per heavy atom. The lowest BCUT2D eigenvalue weighted by Gasteiger charge is -2.09. The van der Waals surface area contributed by atoms with Gasteiger partial charge in [-0.15, -0.1) is 0 Å². The number of hydrogen-bond acceptors (Lipinski definition) is 5. The van der Waals surface area contributed by atoms with Crippen LogP contribution in [0, 0.1) is 5.92 Å². The maximum Gasteiger partial charge on any atom is 0.242 e. The summed E-state index contributed by atoms with van der Waals surface area (Å²) in [5.74, 6) is 0.503. The second-order valence-corrected chi connectivity index (χ2v) is 6.89. The van der Waals surface area contributed by atoms with Gasteiger partial charge >= 0.3 is 0 Å². The van der Waals surface area contributed by atoms with Crippen LogP contribution in [0.25, 0.3) is 0 Å². The standard InChI is InChI=1S/C12H17ClN4O3S/c1-14-11-10(13)6-9(7-16-11)21(19,20)17-5-4-15-12(18)8-2-3-8/h6-8,17H,2-5H2,1H3,(H,14,16)(H,15,18). The van der Waals surface area contributed by atoms with Gasteiger partial charge in [0.05, 0.1) is 5.02 Å². The van der Waals surface area contributed by atoms with E-state index in [0.717, 1.165) is 12.8 Å². The Morgan fingerprint density at radius 2 is 2.14 bits per heavy atom. The number of nitrogens with one attached hydrogen (secondary N) is 3. The van der Waals surface area contributed by atoms with Gasteiger partial charge in [-0.1, -0.05) is 11.6 Å². The van der Waals surface area contributed by atoms with E-state index in [2.05, 4.69) is 20.3 Å². The predicted molar refractivity (Wildman–Crippen MR) is 79.7 cm³/mol. The molecule has 1 aliphatic rings. The number of amides is 1. The maximum atomic E-state index is 12.0. The van der Waals surface area contributed by atoms with Crippen LogP contribution < -0.4 is 15.4 Å². The van der Waals surface area contributed by atoms with Crippen molar-refractivity contribution in [3.8, 4) is 0 Å². The van der Waals surface area contributed by atoms with Gasteiger partial charge in [-0.25, -0.2) is 18.1 Å². The van der Waals surface area contributed by atoms with Gasteiger partial charge in [0.1, 0.15) is 10.7 Å². The molecule has 21 heavy (non-hydrogen) atoms.